The van der Waals surface area contributed by atoms with Crippen LogP contribution in [0.15, 0.2) is 6.20 Å². The standard InChI is InChI=1S/C13H22N4/c1-3-4-7-17(12-5-6-12)13-15-9-11(8-14)10(2)16-13/h9,12H,3-8,14H2,1-2H3. The molecular formula is C13H22N4. The van der Waals surface area contributed by atoms with E-state index < -0.39 is 0 Å². The molecule has 1 heterocycles. The summed E-state index contributed by atoms with van der Waals surface area (Å²) in [4.78, 5) is 11.4. The summed E-state index contributed by atoms with van der Waals surface area (Å²) < 4.78 is 0. The third-order valence-corrected chi connectivity index (χ3v) is 3.29. The summed E-state index contributed by atoms with van der Waals surface area (Å²) in [6.45, 7) is 5.82. The summed E-state index contributed by atoms with van der Waals surface area (Å²) in [7, 11) is 0. The number of nitrogens with two attached hydrogens (primary N) is 1. The Morgan fingerprint density at radius 3 is 2.76 bits per heavy atom. The lowest BCUT2D eigenvalue weighted by Gasteiger charge is -2.22. The predicted molar refractivity (Wildman–Crippen MR) is 69.9 cm³/mol. The van der Waals surface area contributed by atoms with Gasteiger partial charge in [-0.25, -0.2) is 9.97 Å². The van der Waals surface area contributed by atoms with Crippen LogP contribution in [0.2, 0.25) is 0 Å². The van der Waals surface area contributed by atoms with Crippen molar-refractivity contribution in [3.05, 3.63) is 17.5 Å². The zero-order valence-electron chi connectivity index (χ0n) is 10.8. The van der Waals surface area contributed by atoms with Crippen LogP contribution in [0.1, 0.15) is 43.9 Å². The first-order chi connectivity index (χ1) is 8.26. The summed E-state index contributed by atoms with van der Waals surface area (Å²) in [5.41, 5.74) is 7.69. The molecule has 0 unspecified atom stereocenters. The molecule has 17 heavy (non-hydrogen) atoms. The molecule has 0 spiro atoms. The molecule has 1 fully saturated rings. The Morgan fingerprint density at radius 1 is 1.47 bits per heavy atom. The van der Waals surface area contributed by atoms with Crippen LogP contribution in [0, 0.1) is 6.92 Å². The fraction of sp³-hybridized carbons (Fsp3) is 0.692. The van der Waals surface area contributed by atoms with Gasteiger partial charge in [0, 0.05) is 36.6 Å². The minimum absolute atomic E-state index is 0.518. The molecule has 2 rings (SSSR count). The van der Waals surface area contributed by atoms with Gasteiger partial charge in [-0.05, 0) is 26.2 Å². The fourth-order valence-corrected chi connectivity index (χ4v) is 1.98. The van der Waals surface area contributed by atoms with E-state index >= 15 is 0 Å². The van der Waals surface area contributed by atoms with Gasteiger partial charge in [0.1, 0.15) is 0 Å². The zero-order valence-corrected chi connectivity index (χ0v) is 10.8. The van der Waals surface area contributed by atoms with Crippen molar-refractivity contribution in [1.82, 2.24) is 9.97 Å². The quantitative estimate of drug-likeness (QED) is 0.818. The maximum Gasteiger partial charge on any atom is 0.225 e. The molecule has 1 aliphatic rings. The van der Waals surface area contributed by atoms with Crippen molar-refractivity contribution in [2.45, 2.75) is 52.1 Å². The Kier molecular flexibility index (Phi) is 3.94. The number of hydrogen-bond acceptors (Lipinski definition) is 4. The Hall–Kier alpha value is -1.16. The average molecular weight is 234 g/mol. The van der Waals surface area contributed by atoms with Crippen molar-refractivity contribution < 1.29 is 0 Å². The molecular weight excluding hydrogens is 212 g/mol. The second-order valence-electron chi connectivity index (χ2n) is 4.76. The first-order valence-electron chi connectivity index (χ1n) is 6.55. The van der Waals surface area contributed by atoms with Crippen LogP contribution < -0.4 is 10.6 Å². The van der Waals surface area contributed by atoms with Crippen LogP contribution >= 0.6 is 0 Å². The molecule has 0 aromatic carbocycles. The number of hydrogen-bond donors (Lipinski definition) is 1. The molecule has 0 aliphatic heterocycles. The summed E-state index contributed by atoms with van der Waals surface area (Å²) in [5, 5.41) is 0. The Labute approximate surface area is 103 Å². The molecule has 0 radical (unpaired) electrons. The topological polar surface area (TPSA) is 55.0 Å². The third-order valence-electron chi connectivity index (χ3n) is 3.29. The van der Waals surface area contributed by atoms with Crippen LogP contribution in [-0.4, -0.2) is 22.6 Å². The second-order valence-corrected chi connectivity index (χ2v) is 4.76. The summed E-state index contributed by atoms with van der Waals surface area (Å²) in [6, 6.07) is 0.671. The van der Waals surface area contributed by atoms with Gasteiger partial charge in [-0.3, -0.25) is 0 Å². The van der Waals surface area contributed by atoms with Gasteiger partial charge in [0.05, 0.1) is 0 Å². The molecule has 0 amide bonds. The SMILES string of the molecule is CCCCN(c1ncc(CN)c(C)n1)C1CC1. The number of aryl methyl sites for hydroxylation is 1. The number of nitrogens with zero attached hydrogens (tertiary/aromatic N) is 3. The van der Waals surface area contributed by atoms with Crippen LogP contribution in [-0.2, 0) is 6.54 Å². The van der Waals surface area contributed by atoms with Crippen molar-refractivity contribution in [2.24, 2.45) is 5.73 Å². The van der Waals surface area contributed by atoms with Gasteiger partial charge in [0.2, 0.25) is 5.95 Å². The van der Waals surface area contributed by atoms with Gasteiger partial charge in [-0.2, -0.15) is 0 Å². The van der Waals surface area contributed by atoms with Crippen molar-refractivity contribution in [1.29, 1.82) is 0 Å². The summed E-state index contributed by atoms with van der Waals surface area (Å²) in [5.74, 6) is 0.885. The molecule has 2 N–H and O–H groups in total. The summed E-state index contributed by atoms with van der Waals surface area (Å²) >= 11 is 0. The highest BCUT2D eigenvalue weighted by Gasteiger charge is 2.30. The highest BCUT2D eigenvalue weighted by molar-refractivity contribution is 5.36. The molecule has 1 aliphatic carbocycles. The zero-order chi connectivity index (χ0) is 12.3. The number of anilines is 1. The van der Waals surface area contributed by atoms with E-state index in [-0.39, 0.29) is 0 Å². The largest absolute Gasteiger partial charge is 0.338 e. The molecule has 1 saturated carbocycles. The first kappa shape index (κ1) is 12.3. The Balaban J connectivity index is 2.14. The molecule has 1 aromatic heterocycles. The van der Waals surface area contributed by atoms with E-state index in [0.717, 1.165) is 23.8 Å². The molecule has 1 aromatic rings. The third kappa shape index (κ3) is 2.94. The second kappa shape index (κ2) is 5.45. The molecule has 0 atom stereocenters. The molecule has 94 valence electrons. The lowest BCUT2D eigenvalue weighted by molar-refractivity contribution is 0.691. The Morgan fingerprint density at radius 2 is 2.24 bits per heavy atom. The number of unbranched alkanes of at least 4 members (excludes halogenated alkanes) is 1. The molecule has 4 heteroatoms. The maximum absolute atomic E-state index is 5.64. The lowest BCUT2D eigenvalue weighted by Crippen LogP contribution is -2.29. The van der Waals surface area contributed by atoms with Crippen molar-refractivity contribution >= 4 is 5.95 Å². The van der Waals surface area contributed by atoms with Crippen molar-refractivity contribution in [3.8, 4) is 0 Å². The van der Waals surface area contributed by atoms with Gasteiger partial charge in [0.25, 0.3) is 0 Å². The molecule has 0 bridgehead atoms. The van der Waals surface area contributed by atoms with Crippen LogP contribution in [0.5, 0.6) is 0 Å². The van der Waals surface area contributed by atoms with E-state index in [1.807, 2.05) is 13.1 Å². The molecule has 4 nitrogen and oxygen atoms in total. The number of aromatic nitrogens is 2. The average Bonchev–Trinajstić information content (AvgIpc) is 3.14. The van der Waals surface area contributed by atoms with E-state index in [0.29, 0.717) is 12.6 Å². The lowest BCUT2D eigenvalue weighted by atomic mass is 10.2. The van der Waals surface area contributed by atoms with E-state index in [4.69, 9.17) is 5.73 Å². The van der Waals surface area contributed by atoms with E-state index in [2.05, 4.69) is 21.8 Å². The van der Waals surface area contributed by atoms with Gasteiger partial charge >= 0.3 is 0 Å². The van der Waals surface area contributed by atoms with Gasteiger partial charge < -0.3 is 10.6 Å². The Bertz CT molecular complexity index is 374. The van der Waals surface area contributed by atoms with E-state index in [1.54, 1.807) is 0 Å². The smallest absolute Gasteiger partial charge is 0.225 e. The van der Waals surface area contributed by atoms with E-state index in [1.165, 1.54) is 25.7 Å². The maximum atomic E-state index is 5.64. The highest BCUT2D eigenvalue weighted by Crippen LogP contribution is 2.30. The molecule has 0 saturated heterocycles. The summed E-state index contributed by atoms with van der Waals surface area (Å²) in [6.07, 6.45) is 6.86. The normalized spacial score (nSPS) is 15.0. The van der Waals surface area contributed by atoms with E-state index in [9.17, 15) is 0 Å². The van der Waals surface area contributed by atoms with Crippen LogP contribution in [0.25, 0.3) is 0 Å². The van der Waals surface area contributed by atoms with Crippen LogP contribution in [0.4, 0.5) is 5.95 Å². The van der Waals surface area contributed by atoms with Gasteiger partial charge in [-0.15, -0.1) is 0 Å². The minimum atomic E-state index is 0.518. The van der Waals surface area contributed by atoms with Gasteiger partial charge in [0.15, 0.2) is 0 Å². The fourth-order valence-electron chi connectivity index (χ4n) is 1.98. The minimum Gasteiger partial charge on any atom is -0.338 e. The van der Waals surface area contributed by atoms with Gasteiger partial charge in [-0.1, -0.05) is 13.3 Å². The predicted octanol–water partition coefficient (Wildman–Crippen LogP) is 2.01. The number of rotatable bonds is 6. The van der Waals surface area contributed by atoms with Crippen molar-refractivity contribution in [2.75, 3.05) is 11.4 Å². The first-order valence-corrected chi connectivity index (χ1v) is 6.55. The highest BCUT2D eigenvalue weighted by atomic mass is 15.3. The van der Waals surface area contributed by atoms with Crippen LogP contribution in [0.3, 0.4) is 0 Å². The monoisotopic (exact) mass is 234 g/mol. The van der Waals surface area contributed by atoms with Crippen molar-refractivity contribution in [3.63, 3.8) is 0 Å².